The van der Waals surface area contributed by atoms with Crippen molar-refractivity contribution < 1.29 is 9.53 Å². The van der Waals surface area contributed by atoms with Crippen molar-refractivity contribution in [3.63, 3.8) is 0 Å². The van der Waals surface area contributed by atoms with E-state index < -0.39 is 0 Å². The van der Waals surface area contributed by atoms with Gasteiger partial charge >= 0.3 is 0 Å². The molecule has 1 N–H and O–H groups in total. The van der Waals surface area contributed by atoms with Crippen LogP contribution in [0.25, 0.3) is 0 Å². The van der Waals surface area contributed by atoms with Crippen molar-refractivity contribution in [2.45, 2.75) is 50.7 Å². The molecule has 0 saturated carbocycles. The largest absolute Gasteiger partial charge is 0.378 e. The lowest BCUT2D eigenvalue weighted by Crippen LogP contribution is -2.50. The Hall–Kier alpha value is -1.95. The molecule has 1 aliphatic heterocycles. The Bertz CT molecular complexity index is 894. The second-order valence-electron chi connectivity index (χ2n) is 8.78. The van der Waals surface area contributed by atoms with Gasteiger partial charge in [-0.15, -0.1) is 11.3 Å². The maximum absolute atomic E-state index is 12.8. The number of thiophene rings is 1. The number of fused-ring (bicyclic) bond motifs is 2. The van der Waals surface area contributed by atoms with Crippen molar-refractivity contribution in [3.05, 3.63) is 69.4 Å². The highest BCUT2D eigenvalue weighted by molar-refractivity contribution is 7.10. The number of rotatable bonds is 6. The quantitative estimate of drug-likeness (QED) is 0.696. The van der Waals surface area contributed by atoms with Gasteiger partial charge in [0.15, 0.2) is 0 Å². The molecule has 160 valence electrons. The van der Waals surface area contributed by atoms with E-state index in [0.29, 0.717) is 6.42 Å². The molecule has 0 bridgehead atoms. The van der Waals surface area contributed by atoms with E-state index in [2.05, 4.69) is 54.4 Å². The van der Waals surface area contributed by atoms with E-state index in [4.69, 9.17) is 4.74 Å². The highest BCUT2D eigenvalue weighted by Crippen LogP contribution is 2.52. The number of likely N-dealkylation sites (tertiary alicyclic amines) is 1. The number of amides is 1. The average molecular weight is 425 g/mol. The number of carbonyl (C=O) groups excluding carboxylic acids is 1. The summed E-state index contributed by atoms with van der Waals surface area (Å²) in [6.07, 6.45) is 4.80. The molecule has 1 saturated heterocycles. The van der Waals surface area contributed by atoms with Crippen molar-refractivity contribution in [2.75, 3.05) is 26.7 Å². The molecule has 1 aromatic carbocycles. The first-order valence-corrected chi connectivity index (χ1v) is 11.7. The van der Waals surface area contributed by atoms with Crippen molar-refractivity contribution in [1.29, 1.82) is 0 Å². The standard InChI is InChI=1S/C25H32N2O2S/c1-18(2)10-13-27-14-11-25(12-15-27)21-9-5-4-8-20(21)23(24(25)29-3)26-22(28)17-19-7-6-16-30-19/h4-10,16,23-24H,11-15,17H2,1-3H3,(H,26,28)/t23-,24+/m1/s1. The first kappa shape index (κ1) is 21.3. The molecule has 4 rings (SSSR count). The highest BCUT2D eigenvalue weighted by Gasteiger charge is 2.53. The number of piperidine rings is 1. The number of hydrogen-bond donors (Lipinski definition) is 1. The number of nitrogens with one attached hydrogen (secondary N) is 1. The van der Waals surface area contributed by atoms with Crippen LogP contribution in [0, 0.1) is 0 Å². The van der Waals surface area contributed by atoms with Gasteiger partial charge in [-0.2, -0.15) is 0 Å². The van der Waals surface area contributed by atoms with Gasteiger partial charge in [-0.05, 0) is 62.4 Å². The first-order chi connectivity index (χ1) is 14.5. The van der Waals surface area contributed by atoms with Crippen molar-refractivity contribution >= 4 is 17.2 Å². The number of benzene rings is 1. The summed E-state index contributed by atoms with van der Waals surface area (Å²) >= 11 is 1.63. The second-order valence-corrected chi connectivity index (χ2v) is 9.82. The molecule has 1 fully saturated rings. The third-order valence-corrected chi connectivity index (χ3v) is 7.55. The van der Waals surface area contributed by atoms with E-state index in [1.54, 1.807) is 18.4 Å². The van der Waals surface area contributed by atoms with Gasteiger partial charge in [-0.1, -0.05) is 42.0 Å². The summed E-state index contributed by atoms with van der Waals surface area (Å²) in [6, 6.07) is 12.5. The number of hydrogen-bond acceptors (Lipinski definition) is 4. The summed E-state index contributed by atoms with van der Waals surface area (Å²) in [5.74, 6) is 0.0670. The lowest BCUT2D eigenvalue weighted by molar-refractivity contribution is -0.122. The summed E-state index contributed by atoms with van der Waals surface area (Å²) in [6.45, 7) is 7.42. The molecule has 2 aromatic rings. The number of ether oxygens (including phenoxy) is 1. The minimum absolute atomic E-state index is 0.0340. The van der Waals surface area contributed by atoms with Gasteiger partial charge in [-0.25, -0.2) is 0 Å². The zero-order chi connectivity index (χ0) is 21.1. The number of allylic oxidation sites excluding steroid dienone is 1. The van der Waals surface area contributed by atoms with Crippen molar-refractivity contribution in [2.24, 2.45) is 0 Å². The van der Waals surface area contributed by atoms with E-state index in [0.717, 1.165) is 37.4 Å². The molecule has 0 unspecified atom stereocenters. The monoisotopic (exact) mass is 424 g/mol. The zero-order valence-electron chi connectivity index (χ0n) is 18.2. The molecule has 1 aromatic heterocycles. The van der Waals surface area contributed by atoms with Crippen LogP contribution in [0.3, 0.4) is 0 Å². The second kappa shape index (κ2) is 9.04. The molecule has 5 heteroatoms. The molecule has 1 spiro atoms. The van der Waals surface area contributed by atoms with Gasteiger partial charge in [0, 0.05) is 23.9 Å². The normalized spacial score (nSPS) is 22.6. The minimum atomic E-state index is -0.0944. The van der Waals surface area contributed by atoms with Gasteiger partial charge in [0.05, 0.1) is 18.6 Å². The van der Waals surface area contributed by atoms with E-state index in [-0.39, 0.29) is 23.5 Å². The lowest BCUT2D eigenvalue weighted by atomic mass is 9.72. The maximum Gasteiger partial charge on any atom is 0.225 e. The SMILES string of the molecule is CO[C@H]1[C@H](NC(=O)Cc2cccs2)c2ccccc2C12CCN(CC=C(C)C)CC2. The van der Waals surface area contributed by atoms with E-state index in [9.17, 15) is 4.79 Å². The lowest BCUT2D eigenvalue weighted by Gasteiger charge is -2.44. The van der Waals surface area contributed by atoms with Gasteiger partial charge < -0.3 is 10.1 Å². The Labute approximate surface area is 183 Å². The Kier molecular flexibility index (Phi) is 6.42. The molecule has 30 heavy (non-hydrogen) atoms. The molecule has 2 aliphatic rings. The fourth-order valence-electron chi connectivity index (χ4n) is 5.17. The first-order valence-electron chi connectivity index (χ1n) is 10.8. The van der Waals surface area contributed by atoms with Crippen LogP contribution in [0.15, 0.2) is 53.4 Å². The Morgan fingerprint density at radius 2 is 2.00 bits per heavy atom. The van der Waals surface area contributed by atoms with Gasteiger partial charge in [0.25, 0.3) is 0 Å². The molecule has 2 heterocycles. The Morgan fingerprint density at radius 1 is 1.23 bits per heavy atom. The third-order valence-electron chi connectivity index (χ3n) is 6.67. The van der Waals surface area contributed by atoms with Crippen LogP contribution in [0.1, 0.15) is 48.7 Å². The molecule has 2 atom stereocenters. The number of nitrogens with zero attached hydrogens (tertiary/aromatic N) is 1. The van der Waals surface area contributed by atoms with Gasteiger partial charge in [0.2, 0.25) is 5.91 Å². The molecular formula is C25H32N2O2S. The number of methoxy groups -OCH3 is 1. The predicted molar refractivity (Wildman–Crippen MR) is 123 cm³/mol. The molecule has 4 nitrogen and oxygen atoms in total. The maximum atomic E-state index is 12.8. The zero-order valence-corrected chi connectivity index (χ0v) is 19.0. The van der Waals surface area contributed by atoms with Crippen molar-refractivity contribution in [3.8, 4) is 0 Å². The van der Waals surface area contributed by atoms with Gasteiger partial charge in [0.1, 0.15) is 0 Å². The Morgan fingerprint density at radius 3 is 2.67 bits per heavy atom. The summed E-state index contributed by atoms with van der Waals surface area (Å²) in [7, 11) is 1.80. The summed E-state index contributed by atoms with van der Waals surface area (Å²) in [5, 5.41) is 5.33. The third kappa shape index (κ3) is 4.11. The van der Waals surface area contributed by atoms with Crippen LogP contribution in [-0.4, -0.2) is 43.7 Å². The van der Waals surface area contributed by atoms with E-state index >= 15 is 0 Å². The molecule has 0 radical (unpaired) electrons. The Balaban J connectivity index is 1.55. The predicted octanol–water partition coefficient (Wildman–Crippen LogP) is 4.48. The van der Waals surface area contributed by atoms with Crippen LogP contribution < -0.4 is 5.32 Å². The summed E-state index contributed by atoms with van der Waals surface area (Å²) < 4.78 is 6.13. The molecular weight excluding hydrogens is 392 g/mol. The number of carbonyl (C=O) groups is 1. The summed E-state index contributed by atoms with van der Waals surface area (Å²) in [4.78, 5) is 16.5. The summed E-state index contributed by atoms with van der Waals surface area (Å²) in [5.41, 5.74) is 3.92. The van der Waals surface area contributed by atoms with Crippen LogP contribution >= 0.6 is 11.3 Å². The smallest absolute Gasteiger partial charge is 0.225 e. The van der Waals surface area contributed by atoms with Crippen LogP contribution in [0.5, 0.6) is 0 Å². The van der Waals surface area contributed by atoms with E-state index in [1.165, 1.54) is 16.7 Å². The topological polar surface area (TPSA) is 41.6 Å². The fourth-order valence-corrected chi connectivity index (χ4v) is 5.87. The van der Waals surface area contributed by atoms with Crippen LogP contribution in [-0.2, 0) is 21.4 Å². The van der Waals surface area contributed by atoms with Crippen LogP contribution in [0.2, 0.25) is 0 Å². The average Bonchev–Trinajstić information content (AvgIpc) is 3.33. The van der Waals surface area contributed by atoms with Gasteiger partial charge in [-0.3, -0.25) is 9.69 Å². The van der Waals surface area contributed by atoms with Crippen LogP contribution in [0.4, 0.5) is 0 Å². The molecule has 1 aliphatic carbocycles. The highest BCUT2D eigenvalue weighted by atomic mass is 32.1. The van der Waals surface area contributed by atoms with Crippen molar-refractivity contribution in [1.82, 2.24) is 10.2 Å². The minimum Gasteiger partial charge on any atom is -0.378 e. The molecule has 1 amide bonds. The fraction of sp³-hybridized carbons (Fsp3) is 0.480. The van der Waals surface area contributed by atoms with E-state index in [1.807, 2.05) is 17.5 Å².